The summed E-state index contributed by atoms with van der Waals surface area (Å²) in [4.78, 5) is 2.36. The molecule has 0 aliphatic rings. The largest absolute Gasteiger partial charge is 0.468 e. The molecule has 0 spiro atoms. The molecule has 3 heteroatoms. The monoisotopic (exact) mass is 252 g/mol. The van der Waals surface area contributed by atoms with Crippen LogP contribution in [0.5, 0.6) is 0 Å². The maximum atomic E-state index is 5.41. The zero-order valence-electron chi connectivity index (χ0n) is 12.3. The second kappa shape index (κ2) is 7.59. The topological polar surface area (TPSA) is 28.4 Å². The van der Waals surface area contributed by atoms with Crippen molar-refractivity contribution in [3.8, 4) is 0 Å². The van der Waals surface area contributed by atoms with Gasteiger partial charge in [-0.2, -0.15) is 0 Å². The molecule has 0 radical (unpaired) electrons. The maximum Gasteiger partial charge on any atom is 0.117 e. The summed E-state index contributed by atoms with van der Waals surface area (Å²) in [6, 6.07) is 4.00. The van der Waals surface area contributed by atoms with Crippen LogP contribution in [-0.2, 0) is 6.54 Å². The first-order valence-corrected chi connectivity index (χ1v) is 7.07. The number of furan rings is 1. The van der Waals surface area contributed by atoms with Gasteiger partial charge in [0.25, 0.3) is 0 Å². The predicted molar refractivity (Wildman–Crippen MR) is 76.6 cm³/mol. The maximum absolute atomic E-state index is 5.41. The number of hydrogen-bond donors (Lipinski definition) is 1. The molecule has 0 aliphatic carbocycles. The van der Waals surface area contributed by atoms with Crippen molar-refractivity contribution in [2.24, 2.45) is 5.41 Å². The van der Waals surface area contributed by atoms with Gasteiger partial charge in [0.2, 0.25) is 0 Å². The quantitative estimate of drug-likeness (QED) is 0.732. The van der Waals surface area contributed by atoms with Crippen molar-refractivity contribution < 1.29 is 4.42 Å². The fraction of sp³-hybridized carbons (Fsp3) is 0.733. The Bertz CT molecular complexity index is 304. The Morgan fingerprint density at radius 3 is 2.50 bits per heavy atom. The van der Waals surface area contributed by atoms with Crippen LogP contribution in [0.1, 0.15) is 39.4 Å². The van der Waals surface area contributed by atoms with Crippen LogP contribution in [-0.4, -0.2) is 31.6 Å². The molecule has 0 amide bonds. The standard InChI is InChI=1S/C15H28N2O/c1-5-15(6-2,12-16-7-3)13-17(4)11-14-9-8-10-18-14/h8-10,16H,5-7,11-13H2,1-4H3. The van der Waals surface area contributed by atoms with Crippen LogP contribution in [0.25, 0.3) is 0 Å². The third kappa shape index (κ3) is 4.46. The van der Waals surface area contributed by atoms with E-state index in [2.05, 4.69) is 38.0 Å². The highest BCUT2D eigenvalue weighted by molar-refractivity contribution is 4.98. The van der Waals surface area contributed by atoms with Crippen molar-refractivity contribution in [3.63, 3.8) is 0 Å². The average molecular weight is 252 g/mol. The molecule has 1 N–H and O–H groups in total. The van der Waals surface area contributed by atoms with E-state index in [1.807, 2.05) is 12.1 Å². The first kappa shape index (κ1) is 15.3. The molecular formula is C15H28N2O. The summed E-state index contributed by atoms with van der Waals surface area (Å²) in [6.45, 7) is 10.9. The molecule has 0 aromatic carbocycles. The summed E-state index contributed by atoms with van der Waals surface area (Å²) in [6.07, 6.45) is 4.16. The second-order valence-corrected chi connectivity index (χ2v) is 5.24. The van der Waals surface area contributed by atoms with Gasteiger partial charge in [-0.3, -0.25) is 4.90 Å². The van der Waals surface area contributed by atoms with Crippen LogP contribution in [0.15, 0.2) is 22.8 Å². The summed E-state index contributed by atoms with van der Waals surface area (Å²) in [5.74, 6) is 1.04. The van der Waals surface area contributed by atoms with Crippen molar-refractivity contribution >= 4 is 0 Å². The molecule has 0 atom stereocenters. The molecule has 104 valence electrons. The zero-order chi connectivity index (χ0) is 13.4. The minimum absolute atomic E-state index is 0.372. The summed E-state index contributed by atoms with van der Waals surface area (Å²) >= 11 is 0. The average Bonchev–Trinajstić information content (AvgIpc) is 2.87. The van der Waals surface area contributed by atoms with E-state index in [0.717, 1.165) is 31.9 Å². The van der Waals surface area contributed by atoms with Crippen molar-refractivity contribution in [2.75, 3.05) is 26.7 Å². The third-order valence-corrected chi connectivity index (χ3v) is 3.86. The molecule has 0 saturated heterocycles. The van der Waals surface area contributed by atoms with Gasteiger partial charge >= 0.3 is 0 Å². The van der Waals surface area contributed by atoms with Crippen molar-refractivity contribution in [1.82, 2.24) is 10.2 Å². The minimum atomic E-state index is 0.372. The van der Waals surface area contributed by atoms with Crippen LogP contribution in [0.3, 0.4) is 0 Å². The molecular weight excluding hydrogens is 224 g/mol. The van der Waals surface area contributed by atoms with Crippen molar-refractivity contribution in [2.45, 2.75) is 40.2 Å². The van der Waals surface area contributed by atoms with Crippen molar-refractivity contribution in [1.29, 1.82) is 0 Å². The highest BCUT2D eigenvalue weighted by Crippen LogP contribution is 2.27. The molecule has 0 saturated carbocycles. The Kier molecular flexibility index (Phi) is 6.44. The van der Waals surface area contributed by atoms with Crippen LogP contribution < -0.4 is 5.32 Å². The van der Waals surface area contributed by atoms with E-state index >= 15 is 0 Å². The number of nitrogens with one attached hydrogen (secondary N) is 1. The number of rotatable bonds is 9. The summed E-state index contributed by atoms with van der Waals surface area (Å²) in [7, 11) is 2.18. The normalized spacial score (nSPS) is 12.3. The Morgan fingerprint density at radius 2 is 2.00 bits per heavy atom. The predicted octanol–water partition coefficient (Wildman–Crippen LogP) is 3.13. The lowest BCUT2D eigenvalue weighted by Crippen LogP contribution is -2.42. The smallest absolute Gasteiger partial charge is 0.117 e. The summed E-state index contributed by atoms with van der Waals surface area (Å²) in [5.41, 5.74) is 0.372. The molecule has 0 bridgehead atoms. The van der Waals surface area contributed by atoms with E-state index in [1.165, 1.54) is 12.8 Å². The summed E-state index contributed by atoms with van der Waals surface area (Å²) in [5, 5.41) is 3.51. The van der Waals surface area contributed by atoms with E-state index < -0.39 is 0 Å². The zero-order valence-corrected chi connectivity index (χ0v) is 12.3. The van der Waals surface area contributed by atoms with Gasteiger partial charge in [0.15, 0.2) is 0 Å². The molecule has 1 rings (SSSR count). The molecule has 18 heavy (non-hydrogen) atoms. The van der Waals surface area contributed by atoms with Gasteiger partial charge in [0, 0.05) is 13.1 Å². The molecule has 0 unspecified atom stereocenters. The SMILES string of the molecule is CCNCC(CC)(CC)CN(C)Cc1ccco1. The fourth-order valence-electron chi connectivity index (χ4n) is 2.47. The van der Waals surface area contributed by atoms with E-state index in [4.69, 9.17) is 4.42 Å². The molecule has 1 aromatic rings. The van der Waals surface area contributed by atoms with E-state index in [9.17, 15) is 0 Å². The first-order chi connectivity index (χ1) is 8.65. The molecule has 1 aromatic heterocycles. The Balaban J connectivity index is 2.53. The van der Waals surface area contributed by atoms with Crippen LogP contribution in [0.2, 0.25) is 0 Å². The first-order valence-electron chi connectivity index (χ1n) is 7.07. The summed E-state index contributed by atoms with van der Waals surface area (Å²) < 4.78 is 5.41. The van der Waals surface area contributed by atoms with Gasteiger partial charge in [-0.05, 0) is 44.0 Å². The molecule has 1 heterocycles. The molecule has 3 nitrogen and oxygen atoms in total. The van der Waals surface area contributed by atoms with Gasteiger partial charge in [0.05, 0.1) is 12.8 Å². The highest BCUT2D eigenvalue weighted by atomic mass is 16.3. The van der Waals surface area contributed by atoms with E-state index in [0.29, 0.717) is 5.41 Å². The lowest BCUT2D eigenvalue weighted by Gasteiger charge is -2.35. The minimum Gasteiger partial charge on any atom is -0.468 e. The van der Waals surface area contributed by atoms with Crippen molar-refractivity contribution in [3.05, 3.63) is 24.2 Å². The molecule has 0 aliphatic heterocycles. The Labute approximate surface area is 112 Å². The molecule has 0 fully saturated rings. The Hall–Kier alpha value is -0.800. The van der Waals surface area contributed by atoms with E-state index in [-0.39, 0.29) is 0 Å². The van der Waals surface area contributed by atoms with Gasteiger partial charge in [-0.25, -0.2) is 0 Å². The second-order valence-electron chi connectivity index (χ2n) is 5.24. The van der Waals surface area contributed by atoms with E-state index in [1.54, 1.807) is 6.26 Å². The van der Waals surface area contributed by atoms with Gasteiger partial charge in [0.1, 0.15) is 5.76 Å². The highest BCUT2D eigenvalue weighted by Gasteiger charge is 2.27. The van der Waals surface area contributed by atoms with Gasteiger partial charge in [-0.1, -0.05) is 20.8 Å². The third-order valence-electron chi connectivity index (χ3n) is 3.86. The lowest BCUT2D eigenvalue weighted by atomic mass is 9.81. The number of hydrogen-bond acceptors (Lipinski definition) is 3. The van der Waals surface area contributed by atoms with Crippen LogP contribution >= 0.6 is 0 Å². The number of nitrogens with zero attached hydrogens (tertiary/aromatic N) is 1. The fourth-order valence-corrected chi connectivity index (χ4v) is 2.47. The Morgan fingerprint density at radius 1 is 1.28 bits per heavy atom. The van der Waals surface area contributed by atoms with Gasteiger partial charge in [-0.15, -0.1) is 0 Å². The van der Waals surface area contributed by atoms with Gasteiger partial charge < -0.3 is 9.73 Å². The van der Waals surface area contributed by atoms with Crippen LogP contribution in [0.4, 0.5) is 0 Å². The van der Waals surface area contributed by atoms with Crippen LogP contribution in [0, 0.1) is 5.41 Å². The lowest BCUT2D eigenvalue weighted by molar-refractivity contribution is 0.145.